The van der Waals surface area contributed by atoms with Gasteiger partial charge in [0.25, 0.3) is 0 Å². The van der Waals surface area contributed by atoms with Crippen molar-refractivity contribution in [3.8, 4) is 5.75 Å². The van der Waals surface area contributed by atoms with Crippen molar-refractivity contribution in [2.24, 2.45) is 5.73 Å². The fraction of sp³-hybridized carbons (Fsp3) is 0.158. The zero-order valence-electron chi connectivity index (χ0n) is 13.5. The number of carbonyl (C=O) groups excluding carboxylic acids is 2. The van der Waals surface area contributed by atoms with Crippen LogP contribution in [0.3, 0.4) is 0 Å². The van der Waals surface area contributed by atoms with Crippen LogP contribution >= 0.6 is 0 Å². The summed E-state index contributed by atoms with van der Waals surface area (Å²) in [4.78, 5) is 23.0. The van der Waals surface area contributed by atoms with Gasteiger partial charge in [0, 0.05) is 22.9 Å². The number of anilines is 1. The Kier molecular flexibility index (Phi) is 6.14. The van der Waals surface area contributed by atoms with E-state index >= 15 is 0 Å². The molecule has 0 aromatic heterocycles. The van der Waals surface area contributed by atoms with Crippen LogP contribution < -0.4 is 15.8 Å². The lowest BCUT2D eigenvalue weighted by molar-refractivity contribution is -0.111. The second-order valence-corrected chi connectivity index (χ2v) is 5.15. The molecule has 0 saturated heterocycles. The van der Waals surface area contributed by atoms with Gasteiger partial charge in [0.05, 0.1) is 6.61 Å². The third-order valence-electron chi connectivity index (χ3n) is 3.23. The molecule has 0 aliphatic heterocycles. The topological polar surface area (TPSA) is 81.4 Å². The van der Waals surface area contributed by atoms with Crippen molar-refractivity contribution in [1.29, 1.82) is 0 Å². The number of hydrogen-bond acceptors (Lipinski definition) is 3. The molecule has 3 N–H and O–H groups in total. The quantitative estimate of drug-likeness (QED) is 0.767. The number of para-hydroxylation sites is 1. The van der Waals surface area contributed by atoms with E-state index in [-0.39, 0.29) is 5.91 Å². The smallest absolute Gasteiger partial charge is 0.248 e. The van der Waals surface area contributed by atoms with E-state index < -0.39 is 5.91 Å². The summed E-state index contributed by atoms with van der Waals surface area (Å²) >= 11 is 0. The average Bonchev–Trinajstić information content (AvgIpc) is 2.59. The van der Waals surface area contributed by atoms with Crippen LogP contribution in [0.15, 0.2) is 54.6 Å². The van der Waals surface area contributed by atoms with Crippen molar-refractivity contribution in [2.45, 2.75) is 13.3 Å². The van der Waals surface area contributed by atoms with Crippen molar-refractivity contribution in [2.75, 3.05) is 11.9 Å². The summed E-state index contributed by atoms with van der Waals surface area (Å²) in [6, 6.07) is 13.9. The SMILES string of the molecule is CCCOc1ccccc1C=CC(=O)Nc1ccc(C(N)=O)cc1. The molecule has 124 valence electrons. The molecular formula is C19H20N2O3. The summed E-state index contributed by atoms with van der Waals surface area (Å²) in [5.74, 6) is -0.0298. The molecular weight excluding hydrogens is 304 g/mol. The first-order valence-electron chi connectivity index (χ1n) is 7.71. The molecule has 0 fully saturated rings. The van der Waals surface area contributed by atoms with Crippen LogP contribution in [0.4, 0.5) is 5.69 Å². The molecule has 0 aliphatic carbocycles. The lowest BCUT2D eigenvalue weighted by Gasteiger charge is -2.07. The van der Waals surface area contributed by atoms with Crippen LogP contribution in [-0.2, 0) is 4.79 Å². The van der Waals surface area contributed by atoms with E-state index in [4.69, 9.17) is 10.5 Å². The lowest BCUT2D eigenvalue weighted by atomic mass is 10.2. The molecule has 0 aliphatic rings. The Labute approximate surface area is 141 Å². The molecule has 2 rings (SSSR count). The van der Waals surface area contributed by atoms with E-state index in [1.165, 1.54) is 6.08 Å². The van der Waals surface area contributed by atoms with Gasteiger partial charge in [-0.3, -0.25) is 9.59 Å². The van der Waals surface area contributed by atoms with Gasteiger partial charge >= 0.3 is 0 Å². The molecule has 2 aromatic carbocycles. The van der Waals surface area contributed by atoms with Crippen molar-refractivity contribution in [3.63, 3.8) is 0 Å². The Morgan fingerprint density at radius 2 is 1.83 bits per heavy atom. The Morgan fingerprint density at radius 1 is 1.12 bits per heavy atom. The first-order chi connectivity index (χ1) is 11.6. The van der Waals surface area contributed by atoms with Gasteiger partial charge in [-0.2, -0.15) is 0 Å². The molecule has 24 heavy (non-hydrogen) atoms. The molecule has 2 amide bonds. The van der Waals surface area contributed by atoms with Gasteiger partial charge in [0.15, 0.2) is 0 Å². The van der Waals surface area contributed by atoms with Crippen LogP contribution in [0, 0.1) is 0 Å². The van der Waals surface area contributed by atoms with Gasteiger partial charge in [0.1, 0.15) is 5.75 Å². The Bertz CT molecular complexity index is 737. The number of hydrogen-bond donors (Lipinski definition) is 2. The number of rotatable bonds is 7. The van der Waals surface area contributed by atoms with Gasteiger partial charge < -0.3 is 15.8 Å². The Balaban J connectivity index is 2.01. The minimum absolute atomic E-state index is 0.271. The van der Waals surface area contributed by atoms with Crippen LogP contribution in [0.5, 0.6) is 5.75 Å². The van der Waals surface area contributed by atoms with Gasteiger partial charge in [0.2, 0.25) is 11.8 Å². The van der Waals surface area contributed by atoms with Gasteiger partial charge in [-0.1, -0.05) is 25.1 Å². The first-order valence-corrected chi connectivity index (χ1v) is 7.71. The van der Waals surface area contributed by atoms with Crippen LogP contribution in [0.2, 0.25) is 0 Å². The van der Waals surface area contributed by atoms with Crippen molar-refractivity contribution < 1.29 is 14.3 Å². The standard InChI is InChI=1S/C19H20N2O3/c1-2-13-24-17-6-4-3-5-14(17)9-12-18(22)21-16-10-7-15(8-11-16)19(20)23/h3-12H,2,13H2,1H3,(H2,20,23)(H,21,22). The van der Waals surface area contributed by atoms with E-state index in [9.17, 15) is 9.59 Å². The summed E-state index contributed by atoms with van der Waals surface area (Å²) in [5, 5.41) is 2.72. The Hall–Kier alpha value is -3.08. The van der Waals surface area contributed by atoms with Crippen LogP contribution in [-0.4, -0.2) is 18.4 Å². The lowest BCUT2D eigenvalue weighted by Crippen LogP contribution is -2.11. The van der Waals surface area contributed by atoms with E-state index in [1.807, 2.05) is 31.2 Å². The van der Waals surface area contributed by atoms with Gasteiger partial charge in [-0.15, -0.1) is 0 Å². The molecule has 0 bridgehead atoms. The summed E-state index contributed by atoms with van der Waals surface area (Å²) in [7, 11) is 0. The van der Waals surface area contributed by atoms with Crippen molar-refractivity contribution in [3.05, 3.63) is 65.7 Å². The second kappa shape index (κ2) is 8.53. The third kappa shape index (κ3) is 4.98. The zero-order valence-corrected chi connectivity index (χ0v) is 13.5. The maximum absolute atomic E-state index is 12.0. The summed E-state index contributed by atoms with van der Waals surface area (Å²) in [6.45, 7) is 2.67. The van der Waals surface area contributed by atoms with Crippen molar-refractivity contribution in [1.82, 2.24) is 0 Å². The normalized spacial score (nSPS) is 10.5. The predicted molar refractivity (Wildman–Crippen MR) is 94.9 cm³/mol. The maximum atomic E-state index is 12.0. The number of primary amides is 1. The molecule has 0 saturated carbocycles. The van der Waals surface area contributed by atoms with Gasteiger partial charge in [-0.25, -0.2) is 0 Å². The van der Waals surface area contributed by atoms with E-state index in [0.717, 1.165) is 17.7 Å². The number of benzene rings is 2. The molecule has 0 radical (unpaired) electrons. The highest BCUT2D eigenvalue weighted by atomic mass is 16.5. The van der Waals surface area contributed by atoms with Crippen molar-refractivity contribution >= 4 is 23.6 Å². The minimum Gasteiger partial charge on any atom is -0.493 e. The number of carbonyl (C=O) groups is 2. The fourth-order valence-electron chi connectivity index (χ4n) is 2.03. The summed E-state index contributed by atoms with van der Waals surface area (Å²) in [6.07, 6.45) is 4.06. The van der Waals surface area contributed by atoms with Crippen LogP contribution in [0.25, 0.3) is 6.08 Å². The highest BCUT2D eigenvalue weighted by molar-refractivity contribution is 6.02. The first kappa shape index (κ1) is 17.3. The number of nitrogens with one attached hydrogen (secondary N) is 1. The highest BCUT2D eigenvalue weighted by Gasteiger charge is 2.03. The molecule has 5 heteroatoms. The summed E-state index contributed by atoms with van der Waals surface area (Å²) < 4.78 is 5.65. The number of nitrogens with two attached hydrogens (primary N) is 1. The minimum atomic E-state index is -0.503. The molecule has 5 nitrogen and oxygen atoms in total. The van der Waals surface area contributed by atoms with Crippen LogP contribution in [0.1, 0.15) is 29.3 Å². The second-order valence-electron chi connectivity index (χ2n) is 5.15. The molecule has 0 unspecified atom stereocenters. The third-order valence-corrected chi connectivity index (χ3v) is 3.23. The number of amides is 2. The highest BCUT2D eigenvalue weighted by Crippen LogP contribution is 2.19. The average molecular weight is 324 g/mol. The van der Waals surface area contributed by atoms with E-state index in [1.54, 1.807) is 30.3 Å². The maximum Gasteiger partial charge on any atom is 0.248 e. The summed E-state index contributed by atoms with van der Waals surface area (Å²) in [5.41, 5.74) is 7.00. The van der Waals surface area contributed by atoms with E-state index in [2.05, 4.69) is 5.32 Å². The van der Waals surface area contributed by atoms with E-state index in [0.29, 0.717) is 17.9 Å². The molecule has 0 spiro atoms. The number of ether oxygens (including phenoxy) is 1. The molecule has 0 heterocycles. The largest absolute Gasteiger partial charge is 0.493 e. The molecule has 2 aromatic rings. The zero-order chi connectivity index (χ0) is 17.4. The Morgan fingerprint density at radius 3 is 2.50 bits per heavy atom. The predicted octanol–water partition coefficient (Wildman–Crippen LogP) is 3.23. The fourth-order valence-corrected chi connectivity index (χ4v) is 2.03. The monoisotopic (exact) mass is 324 g/mol. The molecule has 0 atom stereocenters. The van der Waals surface area contributed by atoms with Gasteiger partial charge in [-0.05, 0) is 42.8 Å².